The van der Waals surface area contributed by atoms with E-state index in [4.69, 9.17) is 19.2 Å². The molecular weight excluding hydrogens is 449 g/mol. The second-order valence-electron chi connectivity index (χ2n) is 7.80. The second-order valence-corrected chi connectivity index (χ2v) is 7.80. The quantitative estimate of drug-likeness (QED) is 0.325. The van der Waals surface area contributed by atoms with Gasteiger partial charge in [-0.3, -0.25) is 9.20 Å². The zero-order chi connectivity index (χ0) is 24.9. The molecule has 0 unspecified atom stereocenters. The Morgan fingerprint density at radius 1 is 0.943 bits per heavy atom. The Morgan fingerprint density at radius 3 is 2.17 bits per heavy atom. The van der Waals surface area contributed by atoms with Crippen LogP contribution in [0.4, 0.5) is 10.2 Å². The van der Waals surface area contributed by atoms with Crippen LogP contribution in [-0.4, -0.2) is 35.1 Å². The van der Waals surface area contributed by atoms with E-state index in [1.807, 2.05) is 46.0 Å². The number of rotatable bonds is 9. The normalized spacial score (nSPS) is 10.9. The van der Waals surface area contributed by atoms with Crippen molar-refractivity contribution in [2.75, 3.05) is 25.1 Å². The van der Waals surface area contributed by atoms with Gasteiger partial charge in [-0.15, -0.1) is 0 Å². The summed E-state index contributed by atoms with van der Waals surface area (Å²) in [6.45, 7) is 8.78. The summed E-state index contributed by atoms with van der Waals surface area (Å²) in [5.41, 5.74) is 3.24. The molecule has 0 aliphatic rings. The number of carbonyl (C=O) groups is 1. The minimum absolute atomic E-state index is 0.340. The summed E-state index contributed by atoms with van der Waals surface area (Å²) in [6, 6.07) is 13.1. The number of carbonyl (C=O) groups excluding carboxylic acids is 1. The van der Waals surface area contributed by atoms with Crippen molar-refractivity contribution in [2.24, 2.45) is 0 Å². The van der Waals surface area contributed by atoms with Crippen molar-refractivity contribution in [3.05, 3.63) is 71.7 Å². The summed E-state index contributed by atoms with van der Waals surface area (Å²) in [6.07, 6.45) is 1.84. The highest BCUT2D eigenvalue weighted by Gasteiger charge is 2.21. The third-order valence-electron chi connectivity index (χ3n) is 5.30. The zero-order valence-electron chi connectivity index (χ0n) is 20.2. The average Bonchev–Trinajstić information content (AvgIpc) is 3.18. The molecular formula is C27H28FN3O4. The van der Waals surface area contributed by atoms with Crippen molar-refractivity contribution < 1.29 is 23.4 Å². The standard InChI is InChI=1S/C27H28FN3O4/c1-5-33-21-15-19(16-22(34-6-2)25(21)35-7-3)27(32)30-26-24(18-8-10-20(28)11-9-18)29-23-14-17(4)12-13-31(23)26/h8-16H,5-7H2,1-4H3,(H,30,32). The van der Waals surface area contributed by atoms with Crippen LogP contribution in [0.1, 0.15) is 36.7 Å². The summed E-state index contributed by atoms with van der Waals surface area (Å²) in [4.78, 5) is 18.2. The lowest BCUT2D eigenvalue weighted by atomic mass is 10.1. The molecule has 0 bridgehead atoms. The molecule has 0 atom stereocenters. The SMILES string of the molecule is CCOc1cc(C(=O)Nc2c(-c3ccc(F)cc3)nc3cc(C)ccn23)cc(OCC)c1OCC. The van der Waals surface area contributed by atoms with Crippen LogP contribution in [0, 0.1) is 12.7 Å². The molecule has 35 heavy (non-hydrogen) atoms. The van der Waals surface area contributed by atoms with Gasteiger partial charge in [-0.25, -0.2) is 9.37 Å². The first-order valence-electron chi connectivity index (χ1n) is 11.6. The summed E-state index contributed by atoms with van der Waals surface area (Å²) in [5.74, 6) is 1.07. The first-order chi connectivity index (χ1) is 16.9. The predicted molar refractivity (Wildman–Crippen MR) is 133 cm³/mol. The maximum absolute atomic E-state index is 13.6. The molecule has 182 valence electrons. The van der Waals surface area contributed by atoms with Crippen LogP contribution >= 0.6 is 0 Å². The van der Waals surface area contributed by atoms with Crippen molar-refractivity contribution in [3.8, 4) is 28.5 Å². The molecule has 8 heteroatoms. The minimum Gasteiger partial charge on any atom is -0.490 e. The number of nitrogens with zero attached hydrogens (tertiary/aromatic N) is 2. The first kappa shape index (κ1) is 24.1. The van der Waals surface area contributed by atoms with Crippen LogP contribution in [0.25, 0.3) is 16.9 Å². The fourth-order valence-electron chi connectivity index (χ4n) is 3.77. The molecule has 0 radical (unpaired) electrons. The Labute approximate surface area is 203 Å². The first-order valence-corrected chi connectivity index (χ1v) is 11.6. The van der Waals surface area contributed by atoms with Crippen LogP contribution < -0.4 is 19.5 Å². The Hall–Kier alpha value is -4.07. The van der Waals surface area contributed by atoms with E-state index in [1.165, 1.54) is 12.1 Å². The molecule has 2 aromatic carbocycles. The van der Waals surface area contributed by atoms with Gasteiger partial charge in [-0.1, -0.05) is 0 Å². The number of nitrogens with one attached hydrogen (secondary N) is 1. The van der Waals surface area contributed by atoms with Gasteiger partial charge in [-0.05, 0) is 81.8 Å². The van der Waals surface area contributed by atoms with Gasteiger partial charge in [-0.2, -0.15) is 0 Å². The van der Waals surface area contributed by atoms with Crippen molar-refractivity contribution in [3.63, 3.8) is 0 Å². The number of benzene rings is 2. The summed E-state index contributed by atoms with van der Waals surface area (Å²) in [5, 5.41) is 2.99. The van der Waals surface area contributed by atoms with E-state index < -0.39 is 0 Å². The molecule has 2 aromatic heterocycles. The Bertz CT molecular complexity index is 1320. The fraction of sp³-hybridized carbons (Fsp3) is 0.259. The van der Waals surface area contributed by atoms with Gasteiger partial charge in [0.25, 0.3) is 5.91 Å². The molecule has 4 aromatic rings. The second kappa shape index (κ2) is 10.5. The third kappa shape index (κ3) is 5.06. The van der Waals surface area contributed by atoms with Crippen LogP contribution in [-0.2, 0) is 0 Å². The topological polar surface area (TPSA) is 74.1 Å². The van der Waals surface area contributed by atoms with E-state index in [2.05, 4.69) is 5.32 Å². The van der Waals surface area contributed by atoms with Crippen molar-refractivity contribution in [1.82, 2.24) is 9.38 Å². The summed E-state index contributed by atoms with van der Waals surface area (Å²) >= 11 is 0. The van der Waals surface area contributed by atoms with Gasteiger partial charge in [0, 0.05) is 17.3 Å². The zero-order valence-corrected chi connectivity index (χ0v) is 20.2. The molecule has 0 saturated carbocycles. The van der Waals surface area contributed by atoms with Gasteiger partial charge in [0.2, 0.25) is 5.75 Å². The highest BCUT2D eigenvalue weighted by atomic mass is 19.1. The maximum Gasteiger partial charge on any atom is 0.257 e. The van der Waals surface area contributed by atoms with Gasteiger partial charge >= 0.3 is 0 Å². The van der Waals surface area contributed by atoms with Crippen LogP contribution in [0.2, 0.25) is 0 Å². The number of ether oxygens (including phenoxy) is 3. The number of hydrogen-bond acceptors (Lipinski definition) is 5. The number of aryl methyl sites for hydroxylation is 1. The number of amides is 1. The Kier molecular flexibility index (Phi) is 7.19. The van der Waals surface area contributed by atoms with E-state index in [0.717, 1.165) is 5.56 Å². The van der Waals surface area contributed by atoms with E-state index in [-0.39, 0.29) is 11.7 Å². The number of hydrogen-bond donors (Lipinski definition) is 1. The smallest absolute Gasteiger partial charge is 0.257 e. The molecule has 0 aliphatic carbocycles. The lowest BCUT2D eigenvalue weighted by Gasteiger charge is -2.17. The summed E-state index contributed by atoms with van der Waals surface area (Å²) < 4.78 is 32.6. The van der Waals surface area contributed by atoms with Gasteiger partial charge in [0.15, 0.2) is 11.5 Å². The largest absolute Gasteiger partial charge is 0.490 e. The number of pyridine rings is 1. The lowest BCUT2D eigenvalue weighted by molar-refractivity contribution is 0.102. The number of halogens is 1. The van der Waals surface area contributed by atoms with Crippen molar-refractivity contribution in [2.45, 2.75) is 27.7 Å². The molecule has 0 spiro atoms. The average molecular weight is 478 g/mol. The predicted octanol–water partition coefficient (Wildman–Crippen LogP) is 5.90. The molecule has 1 amide bonds. The molecule has 0 aliphatic heterocycles. The lowest BCUT2D eigenvalue weighted by Crippen LogP contribution is -2.15. The summed E-state index contributed by atoms with van der Waals surface area (Å²) in [7, 11) is 0. The van der Waals surface area contributed by atoms with Crippen LogP contribution in [0.15, 0.2) is 54.7 Å². The molecule has 7 nitrogen and oxygen atoms in total. The van der Waals surface area contributed by atoms with E-state index in [0.29, 0.717) is 65.4 Å². The fourth-order valence-corrected chi connectivity index (χ4v) is 3.77. The molecule has 0 fully saturated rings. The maximum atomic E-state index is 13.6. The minimum atomic E-state index is -0.374. The van der Waals surface area contributed by atoms with E-state index in [1.54, 1.807) is 28.7 Å². The number of aromatic nitrogens is 2. The molecule has 2 heterocycles. The van der Waals surface area contributed by atoms with Gasteiger partial charge < -0.3 is 19.5 Å². The molecule has 0 saturated heterocycles. The van der Waals surface area contributed by atoms with Crippen molar-refractivity contribution >= 4 is 17.4 Å². The van der Waals surface area contributed by atoms with E-state index in [9.17, 15) is 9.18 Å². The van der Waals surface area contributed by atoms with Gasteiger partial charge in [0.1, 0.15) is 23.0 Å². The number of imidazole rings is 1. The highest BCUT2D eigenvalue weighted by Crippen LogP contribution is 2.39. The number of anilines is 1. The molecule has 1 N–H and O–H groups in total. The van der Waals surface area contributed by atoms with Crippen LogP contribution in [0.3, 0.4) is 0 Å². The monoisotopic (exact) mass is 477 g/mol. The van der Waals surface area contributed by atoms with Crippen LogP contribution in [0.5, 0.6) is 17.2 Å². The third-order valence-corrected chi connectivity index (χ3v) is 5.30. The Balaban J connectivity index is 1.79. The number of fused-ring (bicyclic) bond motifs is 1. The van der Waals surface area contributed by atoms with Gasteiger partial charge in [0.05, 0.1) is 19.8 Å². The molecule has 4 rings (SSSR count). The van der Waals surface area contributed by atoms with Crippen molar-refractivity contribution in [1.29, 1.82) is 0 Å². The Morgan fingerprint density at radius 2 is 1.57 bits per heavy atom. The highest BCUT2D eigenvalue weighted by molar-refractivity contribution is 6.06. The van der Waals surface area contributed by atoms with E-state index >= 15 is 0 Å².